The summed E-state index contributed by atoms with van der Waals surface area (Å²) in [6, 6.07) is 3.77. The quantitative estimate of drug-likeness (QED) is 0.589. The number of rotatable bonds is 5. The molecule has 190 valence electrons. The van der Waals surface area contributed by atoms with E-state index in [1.54, 1.807) is 16.8 Å². The molecule has 2 amide bonds. The summed E-state index contributed by atoms with van der Waals surface area (Å²) in [5.41, 5.74) is 4.89. The second-order valence-corrected chi connectivity index (χ2v) is 10.3. The summed E-state index contributed by atoms with van der Waals surface area (Å²) in [4.78, 5) is 39.3. The topological polar surface area (TPSA) is 95.7 Å². The van der Waals surface area contributed by atoms with Crippen LogP contribution in [0.2, 0.25) is 0 Å². The zero-order valence-corrected chi connectivity index (χ0v) is 21.6. The van der Waals surface area contributed by atoms with Gasteiger partial charge in [0.15, 0.2) is 5.65 Å². The van der Waals surface area contributed by atoms with Crippen molar-refractivity contribution < 1.29 is 9.59 Å². The number of hydrogen-bond donors (Lipinski definition) is 1. The molecule has 3 aromatic rings. The van der Waals surface area contributed by atoms with E-state index in [9.17, 15) is 9.59 Å². The van der Waals surface area contributed by atoms with E-state index >= 15 is 0 Å². The molecule has 0 radical (unpaired) electrons. The van der Waals surface area contributed by atoms with Crippen molar-refractivity contribution >= 4 is 23.1 Å². The number of carbonyl (C=O) groups excluding carboxylic acids is 2. The standard InChI is InChI=1S/C27H35N7O2/c1-17-9-10-22(13-28-17)26(35)30-24-16-34-25(29-20(4)31-34)23(19(24)3)15-32-11-12-33(18(2)14-32)27(36)21-7-5-6-8-21/h9-10,13,16,18,21H,5-8,11-12,14-15H2,1-4H3,(H,30,35)/t18-/m0/s1. The van der Waals surface area contributed by atoms with E-state index < -0.39 is 0 Å². The fourth-order valence-corrected chi connectivity index (χ4v) is 5.52. The first-order valence-corrected chi connectivity index (χ1v) is 12.9. The summed E-state index contributed by atoms with van der Waals surface area (Å²) in [6.45, 7) is 11.0. The number of anilines is 1. The molecule has 1 saturated heterocycles. The third-order valence-corrected chi connectivity index (χ3v) is 7.62. The maximum atomic E-state index is 13.0. The SMILES string of the molecule is Cc1ccc(C(=O)Nc2cn3nc(C)nc3c(CN3CCN(C(=O)C4CCCC4)[C@@H](C)C3)c2C)cn1. The minimum absolute atomic E-state index is 0.166. The van der Waals surface area contributed by atoms with Gasteiger partial charge in [0.05, 0.1) is 17.4 Å². The van der Waals surface area contributed by atoms with Gasteiger partial charge in [-0.05, 0) is 58.2 Å². The molecule has 1 atom stereocenters. The van der Waals surface area contributed by atoms with Gasteiger partial charge in [0, 0.05) is 55.6 Å². The number of aryl methyl sites for hydroxylation is 2. The first-order valence-electron chi connectivity index (χ1n) is 12.9. The first kappa shape index (κ1) is 24.4. The van der Waals surface area contributed by atoms with Crippen LogP contribution in [0.25, 0.3) is 5.65 Å². The number of nitrogens with one attached hydrogen (secondary N) is 1. The molecule has 1 aliphatic heterocycles. The van der Waals surface area contributed by atoms with Crippen LogP contribution in [-0.2, 0) is 11.3 Å². The van der Waals surface area contributed by atoms with Crippen LogP contribution in [0.15, 0.2) is 24.5 Å². The van der Waals surface area contributed by atoms with Crippen LogP contribution >= 0.6 is 0 Å². The van der Waals surface area contributed by atoms with Crippen LogP contribution in [0, 0.1) is 26.7 Å². The number of pyridine rings is 2. The third kappa shape index (κ3) is 4.84. The Balaban J connectivity index is 1.36. The van der Waals surface area contributed by atoms with Gasteiger partial charge in [-0.3, -0.25) is 19.5 Å². The monoisotopic (exact) mass is 489 g/mol. The Morgan fingerprint density at radius 3 is 2.58 bits per heavy atom. The second-order valence-electron chi connectivity index (χ2n) is 10.3. The third-order valence-electron chi connectivity index (χ3n) is 7.62. The number of aromatic nitrogens is 4. The van der Waals surface area contributed by atoms with Crippen molar-refractivity contribution in [1.29, 1.82) is 0 Å². The molecule has 2 fully saturated rings. The second kappa shape index (κ2) is 9.97. The van der Waals surface area contributed by atoms with Gasteiger partial charge < -0.3 is 10.2 Å². The van der Waals surface area contributed by atoms with Crippen molar-refractivity contribution in [3.63, 3.8) is 0 Å². The molecule has 0 spiro atoms. The first-order chi connectivity index (χ1) is 17.3. The smallest absolute Gasteiger partial charge is 0.257 e. The lowest BCUT2D eigenvalue weighted by atomic mass is 10.0. The van der Waals surface area contributed by atoms with Gasteiger partial charge in [-0.15, -0.1) is 0 Å². The predicted molar refractivity (Wildman–Crippen MR) is 138 cm³/mol. The molecule has 0 unspecified atom stereocenters. The maximum Gasteiger partial charge on any atom is 0.257 e. The van der Waals surface area contributed by atoms with E-state index in [4.69, 9.17) is 0 Å². The highest BCUT2D eigenvalue weighted by Gasteiger charge is 2.33. The van der Waals surface area contributed by atoms with E-state index in [0.717, 1.165) is 54.9 Å². The Hall–Kier alpha value is -3.33. The van der Waals surface area contributed by atoms with Gasteiger partial charge in [-0.25, -0.2) is 9.50 Å². The minimum Gasteiger partial charge on any atom is -0.337 e. The van der Waals surface area contributed by atoms with E-state index in [-0.39, 0.29) is 17.9 Å². The van der Waals surface area contributed by atoms with Crippen LogP contribution < -0.4 is 5.32 Å². The van der Waals surface area contributed by atoms with E-state index in [1.807, 2.05) is 33.0 Å². The largest absolute Gasteiger partial charge is 0.337 e. The number of carbonyl (C=O) groups is 2. The summed E-state index contributed by atoms with van der Waals surface area (Å²) in [5.74, 6) is 1.02. The van der Waals surface area contributed by atoms with Crippen molar-refractivity contribution in [2.75, 3.05) is 25.0 Å². The van der Waals surface area contributed by atoms with Gasteiger partial charge >= 0.3 is 0 Å². The zero-order chi connectivity index (χ0) is 25.4. The van der Waals surface area contributed by atoms with Crippen LogP contribution in [0.5, 0.6) is 0 Å². The average molecular weight is 490 g/mol. The van der Waals surface area contributed by atoms with Gasteiger partial charge in [0.25, 0.3) is 5.91 Å². The summed E-state index contributed by atoms with van der Waals surface area (Å²) in [5, 5.41) is 7.57. The molecule has 1 aliphatic carbocycles. The number of nitrogens with zero attached hydrogens (tertiary/aromatic N) is 6. The lowest BCUT2D eigenvalue weighted by Crippen LogP contribution is -2.54. The Labute approximate surface area is 211 Å². The van der Waals surface area contributed by atoms with Crippen molar-refractivity contribution in [2.24, 2.45) is 5.92 Å². The fraction of sp³-hybridized carbons (Fsp3) is 0.519. The van der Waals surface area contributed by atoms with E-state index in [0.29, 0.717) is 29.5 Å². The lowest BCUT2D eigenvalue weighted by molar-refractivity contribution is -0.140. The number of amides is 2. The van der Waals surface area contributed by atoms with Crippen molar-refractivity contribution in [2.45, 2.75) is 66.0 Å². The summed E-state index contributed by atoms with van der Waals surface area (Å²) in [6.07, 6.45) is 7.83. The highest BCUT2D eigenvalue weighted by Crippen LogP contribution is 2.29. The molecule has 9 nitrogen and oxygen atoms in total. The molecule has 0 aromatic carbocycles. The molecule has 4 heterocycles. The van der Waals surface area contributed by atoms with E-state index in [1.165, 1.54) is 12.8 Å². The number of piperazine rings is 1. The highest BCUT2D eigenvalue weighted by molar-refractivity contribution is 6.04. The van der Waals surface area contributed by atoms with Crippen molar-refractivity contribution in [1.82, 2.24) is 29.4 Å². The molecular formula is C27H35N7O2. The zero-order valence-electron chi connectivity index (χ0n) is 21.6. The van der Waals surface area contributed by atoms with Crippen LogP contribution in [0.3, 0.4) is 0 Å². The number of fused-ring (bicyclic) bond motifs is 1. The predicted octanol–water partition coefficient (Wildman–Crippen LogP) is 3.52. The molecule has 1 saturated carbocycles. The molecule has 2 aliphatic rings. The lowest BCUT2D eigenvalue weighted by Gasteiger charge is -2.41. The Morgan fingerprint density at radius 2 is 1.89 bits per heavy atom. The maximum absolute atomic E-state index is 13.0. The molecule has 5 rings (SSSR count). The Bertz CT molecular complexity index is 1280. The molecule has 3 aromatic heterocycles. The molecule has 9 heteroatoms. The highest BCUT2D eigenvalue weighted by atomic mass is 16.2. The van der Waals surface area contributed by atoms with Crippen molar-refractivity contribution in [3.05, 3.63) is 52.7 Å². The molecule has 0 bridgehead atoms. The summed E-state index contributed by atoms with van der Waals surface area (Å²) in [7, 11) is 0. The van der Waals surface area contributed by atoms with Gasteiger partial charge in [-0.2, -0.15) is 5.10 Å². The fourth-order valence-electron chi connectivity index (χ4n) is 5.52. The van der Waals surface area contributed by atoms with Gasteiger partial charge in [0.2, 0.25) is 5.91 Å². The number of hydrogen-bond acceptors (Lipinski definition) is 6. The Kier molecular flexibility index (Phi) is 6.75. The van der Waals surface area contributed by atoms with Crippen LogP contribution in [-0.4, -0.2) is 66.9 Å². The normalized spacial score (nSPS) is 19.2. The van der Waals surface area contributed by atoms with Crippen LogP contribution in [0.4, 0.5) is 5.69 Å². The van der Waals surface area contributed by atoms with Crippen molar-refractivity contribution in [3.8, 4) is 0 Å². The summed E-state index contributed by atoms with van der Waals surface area (Å²) >= 11 is 0. The summed E-state index contributed by atoms with van der Waals surface area (Å²) < 4.78 is 1.75. The average Bonchev–Trinajstić information content (AvgIpc) is 3.51. The Morgan fingerprint density at radius 1 is 1.11 bits per heavy atom. The minimum atomic E-state index is -0.208. The van der Waals surface area contributed by atoms with E-state index in [2.05, 4.69) is 37.1 Å². The molecular weight excluding hydrogens is 454 g/mol. The molecule has 1 N–H and O–H groups in total. The van der Waals surface area contributed by atoms with Gasteiger partial charge in [0.1, 0.15) is 5.82 Å². The van der Waals surface area contributed by atoms with Crippen LogP contribution in [0.1, 0.15) is 65.6 Å². The molecule has 36 heavy (non-hydrogen) atoms. The van der Waals surface area contributed by atoms with Gasteiger partial charge in [-0.1, -0.05) is 12.8 Å².